The van der Waals surface area contributed by atoms with Crippen LogP contribution < -0.4 is 5.32 Å². The molecule has 1 aliphatic rings. The van der Waals surface area contributed by atoms with Gasteiger partial charge in [-0.25, -0.2) is 0 Å². The van der Waals surface area contributed by atoms with E-state index in [0.29, 0.717) is 0 Å². The molecule has 0 spiro atoms. The van der Waals surface area contributed by atoms with Crippen LogP contribution in [0.1, 0.15) is 25.1 Å². The highest BCUT2D eigenvalue weighted by molar-refractivity contribution is 5.21. The van der Waals surface area contributed by atoms with Crippen molar-refractivity contribution in [1.29, 1.82) is 0 Å². The number of nitrogens with zero attached hydrogens (tertiary/aromatic N) is 1. The van der Waals surface area contributed by atoms with Gasteiger partial charge in [-0.05, 0) is 36.4 Å². The summed E-state index contributed by atoms with van der Waals surface area (Å²) in [6.45, 7) is 6.68. The van der Waals surface area contributed by atoms with Gasteiger partial charge in [0.2, 0.25) is 0 Å². The molecule has 0 aliphatic carbocycles. The third-order valence-corrected chi connectivity index (χ3v) is 3.10. The van der Waals surface area contributed by atoms with Gasteiger partial charge in [-0.15, -0.1) is 0 Å². The van der Waals surface area contributed by atoms with Crippen molar-refractivity contribution in [1.82, 2.24) is 10.3 Å². The van der Waals surface area contributed by atoms with Crippen molar-refractivity contribution in [3.63, 3.8) is 0 Å². The van der Waals surface area contributed by atoms with E-state index in [1.54, 1.807) is 0 Å². The Hall–Kier alpha value is -0.890. The average molecular weight is 190 g/mol. The highest BCUT2D eigenvalue weighted by Gasteiger charge is 2.19. The third-order valence-electron chi connectivity index (χ3n) is 3.10. The number of aromatic nitrogens is 1. The third kappa shape index (κ3) is 1.95. The zero-order chi connectivity index (χ0) is 9.97. The molecule has 0 bridgehead atoms. The first-order valence-corrected chi connectivity index (χ1v) is 5.41. The predicted octanol–water partition coefficient (Wildman–Crippen LogP) is 2.00. The molecule has 2 rings (SSSR count). The summed E-state index contributed by atoms with van der Waals surface area (Å²) in [6, 6.07) is 4.20. The Bertz CT molecular complexity index is 307. The summed E-state index contributed by atoms with van der Waals surface area (Å²) in [5.41, 5.74) is 2.66. The second kappa shape index (κ2) is 4.09. The van der Waals surface area contributed by atoms with E-state index in [4.69, 9.17) is 0 Å². The van der Waals surface area contributed by atoms with Crippen molar-refractivity contribution < 1.29 is 0 Å². The van der Waals surface area contributed by atoms with Gasteiger partial charge in [0, 0.05) is 18.4 Å². The Balaban J connectivity index is 2.22. The van der Waals surface area contributed by atoms with E-state index in [-0.39, 0.29) is 0 Å². The van der Waals surface area contributed by atoms with E-state index in [0.717, 1.165) is 31.3 Å². The minimum atomic E-state index is 0.728. The molecule has 2 heterocycles. The quantitative estimate of drug-likeness (QED) is 0.732. The van der Waals surface area contributed by atoms with Crippen molar-refractivity contribution in [3.8, 4) is 0 Å². The maximum atomic E-state index is 4.47. The molecular weight excluding hydrogens is 172 g/mol. The molecule has 76 valence electrons. The Morgan fingerprint density at radius 1 is 1.50 bits per heavy atom. The van der Waals surface area contributed by atoms with Crippen LogP contribution in [-0.4, -0.2) is 11.5 Å². The second-order valence-electron chi connectivity index (χ2n) is 4.45. The molecule has 2 nitrogen and oxygen atoms in total. The first-order chi connectivity index (χ1) is 6.77. The average Bonchev–Trinajstić information content (AvgIpc) is 2.39. The zero-order valence-electron chi connectivity index (χ0n) is 8.96. The van der Waals surface area contributed by atoms with E-state index >= 15 is 0 Å². The molecule has 1 aromatic heterocycles. The van der Waals surface area contributed by atoms with Gasteiger partial charge in [0.1, 0.15) is 0 Å². The van der Waals surface area contributed by atoms with Crippen molar-refractivity contribution in [2.24, 2.45) is 11.8 Å². The molecule has 0 saturated carbocycles. The molecule has 1 atom stereocenters. The number of hydrogen-bond donors (Lipinski definition) is 1. The van der Waals surface area contributed by atoms with Gasteiger partial charge in [-0.3, -0.25) is 4.98 Å². The largest absolute Gasteiger partial charge is 0.312 e. The second-order valence-corrected chi connectivity index (χ2v) is 4.45. The molecule has 1 unspecified atom stereocenters. The first-order valence-electron chi connectivity index (χ1n) is 5.41. The maximum Gasteiger partial charge on any atom is 0.0451 e. The predicted molar refractivity (Wildman–Crippen MR) is 58.0 cm³/mol. The van der Waals surface area contributed by atoms with Gasteiger partial charge < -0.3 is 5.32 Å². The minimum absolute atomic E-state index is 0.728. The van der Waals surface area contributed by atoms with Gasteiger partial charge in [-0.2, -0.15) is 0 Å². The van der Waals surface area contributed by atoms with Crippen molar-refractivity contribution in [2.75, 3.05) is 6.54 Å². The summed E-state index contributed by atoms with van der Waals surface area (Å²) in [5.74, 6) is 1.46. The van der Waals surface area contributed by atoms with Crippen LogP contribution in [0.2, 0.25) is 0 Å². The van der Waals surface area contributed by atoms with E-state index in [1.807, 2.05) is 12.3 Å². The lowest BCUT2D eigenvalue weighted by Gasteiger charge is -2.17. The van der Waals surface area contributed by atoms with Crippen LogP contribution in [-0.2, 0) is 13.0 Å². The molecule has 2 heteroatoms. The Morgan fingerprint density at radius 3 is 3.14 bits per heavy atom. The first kappa shape index (κ1) is 9.66. The lowest BCUT2D eigenvalue weighted by molar-refractivity contribution is 0.368. The van der Waals surface area contributed by atoms with E-state index in [2.05, 4.69) is 30.2 Å². The molecule has 0 saturated heterocycles. The zero-order valence-corrected chi connectivity index (χ0v) is 8.96. The minimum Gasteiger partial charge on any atom is -0.312 e. The number of nitrogens with one attached hydrogen (secondary N) is 1. The molecule has 1 N–H and O–H groups in total. The van der Waals surface area contributed by atoms with Crippen LogP contribution in [0.4, 0.5) is 0 Å². The summed E-state index contributed by atoms with van der Waals surface area (Å²) in [4.78, 5) is 4.47. The highest BCUT2D eigenvalue weighted by Crippen LogP contribution is 2.20. The molecule has 1 aliphatic heterocycles. The fourth-order valence-electron chi connectivity index (χ4n) is 2.00. The van der Waals surface area contributed by atoms with Crippen LogP contribution >= 0.6 is 0 Å². The van der Waals surface area contributed by atoms with Crippen molar-refractivity contribution in [3.05, 3.63) is 29.6 Å². The standard InChI is InChI=1S/C12H18N2/c1-9(2)11-6-12-10(7-13-8-11)4-3-5-14-12/h3-5,9,11,13H,6-8H2,1-2H3. The fourth-order valence-corrected chi connectivity index (χ4v) is 2.00. The smallest absolute Gasteiger partial charge is 0.0451 e. The van der Waals surface area contributed by atoms with E-state index < -0.39 is 0 Å². The highest BCUT2D eigenvalue weighted by atomic mass is 14.9. The van der Waals surface area contributed by atoms with Crippen molar-refractivity contribution >= 4 is 0 Å². The Labute approximate surface area is 85.7 Å². The van der Waals surface area contributed by atoms with Crippen LogP contribution in [0, 0.1) is 11.8 Å². The van der Waals surface area contributed by atoms with Gasteiger partial charge >= 0.3 is 0 Å². The summed E-state index contributed by atoms with van der Waals surface area (Å²) in [6.07, 6.45) is 3.03. The monoisotopic (exact) mass is 190 g/mol. The van der Waals surface area contributed by atoms with Gasteiger partial charge in [0.05, 0.1) is 0 Å². The van der Waals surface area contributed by atoms with Crippen LogP contribution in [0.5, 0.6) is 0 Å². The number of hydrogen-bond acceptors (Lipinski definition) is 2. The summed E-state index contributed by atoms with van der Waals surface area (Å²) >= 11 is 0. The van der Waals surface area contributed by atoms with E-state index in [9.17, 15) is 0 Å². The Morgan fingerprint density at radius 2 is 2.36 bits per heavy atom. The van der Waals surface area contributed by atoms with Gasteiger partial charge in [0.25, 0.3) is 0 Å². The van der Waals surface area contributed by atoms with Gasteiger partial charge in [0.15, 0.2) is 0 Å². The number of pyridine rings is 1. The fraction of sp³-hybridized carbons (Fsp3) is 0.583. The number of fused-ring (bicyclic) bond motifs is 1. The van der Waals surface area contributed by atoms with Crippen LogP contribution in [0.25, 0.3) is 0 Å². The molecule has 14 heavy (non-hydrogen) atoms. The SMILES string of the molecule is CC(C)C1CNCc2cccnc2C1. The molecule has 0 amide bonds. The topological polar surface area (TPSA) is 24.9 Å². The molecule has 0 aromatic carbocycles. The lowest BCUT2D eigenvalue weighted by atomic mass is 9.91. The molecule has 0 fully saturated rings. The summed E-state index contributed by atoms with van der Waals surface area (Å²) in [5, 5.41) is 3.49. The van der Waals surface area contributed by atoms with E-state index in [1.165, 1.54) is 11.3 Å². The van der Waals surface area contributed by atoms with Gasteiger partial charge in [-0.1, -0.05) is 19.9 Å². The summed E-state index contributed by atoms with van der Waals surface area (Å²) in [7, 11) is 0. The van der Waals surface area contributed by atoms with Crippen LogP contribution in [0.15, 0.2) is 18.3 Å². The number of rotatable bonds is 1. The lowest BCUT2D eigenvalue weighted by Crippen LogP contribution is -2.24. The normalized spacial score (nSPS) is 21.8. The van der Waals surface area contributed by atoms with Crippen molar-refractivity contribution in [2.45, 2.75) is 26.8 Å². The molecular formula is C12H18N2. The van der Waals surface area contributed by atoms with Crippen LogP contribution in [0.3, 0.4) is 0 Å². The molecule has 0 radical (unpaired) electrons. The molecule has 1 aromatic rings. The summed E-state index contributed by atoms with van der Waals surface area (Å²) < 4.78 is 0. The maximum absolute atomic E-state index is 4.47. The Kier molecular flexibility index (Phi) is 2.82.